The molecule has 0 bridgehead atoms. The van der Waals surface area contributed by atoms with E-state index in [1.165, 1.54) is 0 Å². The van der Waals surface area contributed by atoms with Gasteiger partial charge in [0.25, 0.3) is 0 Å². The number of benzene rings is 1. The predicted molar refractivity (Wildman–Crippen MR) is 101 cm³/mol. The zero-order chi connectivity index (χ0) is 18.4. The van der Waals surface area contributed by atoms with E-state index in [2.05, 4.69) is 4.98 Å². The summed E-state index contributed by atoms with van der Waals surface area (Å²) in [4.78, 5) is 18.4. The van der Waals surface area contributed by atoms with Crippen LogP contribution in [0.2, 0.25) is 0 Å². The zero-order valence-electron chi connectivity index (χ0n) is 15.2. The molecule has 1 saturated heterocycles. The molecule has 1 aliphatic rings. The first kappa shape index (κ1) is 18.1. The molecule has 2 unspecified atom stereocenters. The number of nitrogens with zero attached hydrogens (tertiary/aromatic N) is 2. The van der Waals surface area contributed by atoms with E-state index in [9.17, 15) is 4.79 Å². The number of hydrogen-bond acceptors (Lipinski definition) is 4. The van der Waals surface area contributed by atoms with Crippen molar-refractivity contribution < 1.29 is 14.3 Å². The third kappa shape index (κ3) is 5.17. The Balaban J connectivity index is 1.53. The first-order chi connectivity index (χ1) is 12.6. The SMILES string of the molecule is CC1CN(C(=O)/C=C/c2ccc(OCc3ccccn3)cc2)CC(C)O1. The lowest BCUT2D eigenvalue weighted by molar-refractivity contribution is -0.137. The highest BCUT2D eigenvalue weighted by molar-refractivity contribution is 5.91. The highest BCUT2D eigenvalue weighted by Gasteiger charge is 2.24. The summed E-state index contributed by atoms with van der Waals surface area (Å²) in [6.45, 7) is 5.68. The van der Waals surface area contributed by atoms with Crippen molar-refractivity contribution in [2.24, 2.45) is 0 Å². The van der Waals surface area contributed by atoms with Gasteiger partial charge in [-0.15, -0.1) is 0 Å². The van der Waals surface area contributed by atoms with Crippen molar-refractivity contribution in [3.63, 3.8) is 0 Å². The van der Waals surface area contributed by atoms with Crippen LogP contribution in [0.1, 0.15) is 25.1 Å². The molecule has 0 radical (unpaired) electrons. The Kier molecular flexibility index (Phi) is 6.02. The lowest BCUT2D eigenvalue weighted by Gasteiger charge is -2.34. The number of rotatable bonds is 5. The maximum atomic E-state index is 12.3. The maximum Gasteiger partial charge on any atom is 0.246 e. The van der Waals surface area contributed by atoms with Crippen LogP contribution in [-0.4, -0.2) is 41.1 Å². The van der Waals surface area contributed by atoms with E-state index in [-0.39, 0.29) is 18.1 Å². The molecule has 2 aromatic rings. The second-order valence-electron chi connectivity index (χ2n) is 6.51. The van der Waals surface area contributed by atoms with Crippen molar-refractivity contribution in [2.75, 3.05) is 13.1 Å². The fourth-order valence-corrected chi connectivity index (χ4v) is 2.95. The van der Waals surface area contributed by atoms with Gasteiger partial charge in [-0.25, -0.2) is 0 Å². The van der Waals surface area contributed by atoms with Crippen LogP contribution in [0.25, 0.3) is 6.08 Å². The van der Waals surface area contributed by atoms with E-state index in [4.69, 9.17) is 9.47 Å². The average Bonchev–Trinajstić information content (AvgIpc) is 2.65. The third-order valence-corrected chi connectivity index (χ3v) is 4.14. The summed E-state index contributed by atoms with van der Waals surface area (Å²) in [5.74, 6) is 0.789. The molecule has 5 nitrogen and oxygen atoms in total. The molecule has 0 aliphatic carbocycles. The molecule has 0 saturated carbocycles. The highest BCUT2D eigenvalue weighted by Crippen LogP contribution is 2.15. The smallest absolute Gasteiger partial charge is 0.246 e. The normalized spacial score (nSPS) is 20.3. The van der Waals surface area contributed by atoms with Crippen molar-refractivity contribution in [1.29, 1.82) is 0 Å². The molecule has 136 valence electrons. The zero-order valence-corrected chi connectivity index (χ0v) is 15.2. The summed E-state index contributed by atoms with van der Waals surface area (Å²) in [5, 5.41) is 0. The van der Waals surface area contributed by atoms with E-state index in [1.54, 1.807) is 12.3 Å². The second-order valence-corrected chi connectivity index (χ2v) is 6.51. The molecule has 1 aromatic carbocycles. The molecule has 3 rings (SSSR count). The van der Waals surface area contributed by atoms with Gasteiger partial charge in [0.05, 0.1) is 17.9 Å². The van der Waals surface area contributed by atoms with Gasteiger partial charge in [0.2, 0.25) is 5.91 Å². The molecule has 1 amide bonds. The number of amides is 1. The topological polar surface area (TPSA) is 51.7 Å². The Morgan fingerprint density at radius 2 is 1.92 bits per heavy atom. The lowest BCUT2D eigenvalue weighted by Crippen LogP contribution is -2.47. The van der Waals surface area contributed by atoms with E-state index >= 15 is 0 Å². The van der Waals surface area contributed by atoms with Gasteiger partial charge in [-0.1, -0.05) is 18.2 Å². The second kappa shape index (κ2) is 8.63. The first-order valence-electron chi connectivity index (χ1n) is 8.85. The Hall–Kier alpha value is -2.66. The molecule has 1 fully saturated rings. The van der Waals surface area contributed by atoms with Gasteiger partial charge in [-0.2, -0.15) is 0 Å². The third-order valence-electron chi connectivity index (χ3n) is 4.14. The van der Waals surface area contributed by atoms with Crippen LogP contribution < -0.4 is 4.74 Å². The molecular formula is C21H24N2O3. The Morgan fingerprint density at radius 1 is 1.19 bits per heavy atom. The van der Waals surface area contributed by atoms with Crippen LogP contribution >= 0.6 is 0 Å². The molecule has 0 spiro atoms. The molecule has 1 aromatic heterocycles. The van der Waals surface area contributed by atoms with Gasteiger partial charge in [-0.05, 0) is 49.8 Å². The molecule has 1 aliphatic heterocycles. The van der Waals surface area contributed by atoms with Crippen LogP contribution in [-0.2, 0) is 16.1 Å². The van der Waals surface area contributed by atoms with E-state index in [0.29, 0.717) is 19.7 Å². The van der Waals surface area contributed by atoms with Gasteiger partial charge in [0.1, 0.15) is 12.4 Å². The monoisotopic (exact) mass is 352 g/mol. The molecule has 2 atom stereocenters. The minimum atomic E-state index is 0.0162. The summed E-state index contributed by atoms with van der Waals surface area (Å²) in [6.07, 6.45) is 5.35. The molecular weight excluding hydrogens is 328 g/mol. The van der Waals surface area contributed by atoms with Gasteiger partial charge >= 0.3 is 0 Å². The van der Waals surface area contributed by atoms with Gasteiger partial charge in [-0.3, -0.25) is 9.78 Å². The Morgan fingerprint density at radius 3 is 2.58 bits per heavy atom. The molecule has 26 heavy (non-hydrogen) atoms. The average molecular weight is 352 g/mol. The van der Waals surface area contributed by atoms with Crippen molar-refractivity contribution in [3.8, 4) is 5.75 Å². The van der Waals surface area contributed by atoms with Crippen molar-refractivity contribution in [1.82, 2.24) is 9.88 Å². The van der Waals surface area contributed by atoms with E-state index in [0.717, 1.165) is 17.0 Å². The summed E-state index contributed by atoms with van der Waals surface area (Å²) in [7, 11) is 0. The van der Waals surface area contributed by atoms with Crippen LogP contribution in [0, 0.1) is 0 Å². The number of aromatic nitrogens is 1. The van der Waals surface area contributed by atoms with Crippen LogP contribution in [0.5, 0.6) is 5.75 Å². The number of carbonyl (C=O) groups is 1. The van der Waals surface area contributed by atoms with Crippen molar-refractivity contribution >= 4 is 12.0 Å². The standard InChI is InChI=1S/C21H24N2O3/c1-16-13-23(14-17(2)26-16)21(24)11-8-18-6-9-20(10-7-18)25-15-19-5-3-4-12-22-19/h3-12,16-17H,13-15H2,1-2H3/b11-8+. The Bertz CT molecular complexity index is 734. The van der Waals surface area contributed by atoms with Crippen LogP contribution in [0.4, 0.5) is 0 Å². The summed E-state index contributed by atoms with van der Waals surface area (Å²) in [6, 6.07) is 13.4. The molecule has 5 heteroatoms. The quantitative estimate of drug-likeness (QED) is 0.775. The van der Waals surface area contributed by atoms with Crippen LogP contribution in [0.3, 0.4) is 0 Å². The number of pyridine rings is 1. The van der Waals surface area contributed by atoms with Crippen molar-refractivity contribution in [2.45, 2.75) is 32.7 Å². The number of morpholine rings is 1. The van der Waals surface area contributed by atoms with E-state index in [1.807, 2.05) is 67.3 Å². The predicted octanol–water partition coefficient (Wildman–Crippen LogP) is 3.31. The molecule has 0 N–H and O–H groups in total. The summed E-state index contributed by atoms with van der Waals surface area (Å²) in [5.41, 5.74) is 1.84. The fourth-order valence-electron chi connectivity index (χ4n) is 2.95. The largest absolute Gasteiger partial charge is 0.487 e. The summed E-state index contributed by atoms with van der Waals surface area (Å²) >= 11 is 0. The number of ether oxygens (including phenoxy) is 2. The lowest BCUT2D eigenvalue weighted by atomic mass is 10.2. The van der Waals surface area contributed by atoms with E-state index < -0.39 is 0 Å². The molecule has 2 heterocycles. The number of carbonyl (C=O) groups excluding carboxylic acids is 1. The highest BCUT2D eigenvalue weighted by atomic mass is 16.5. The van der Waals surface area contributed by atoms with Crippen molar-refractivity contribution in [3.05, 3.63) is 66.0 Å². The minimum absolute atomic E-state index is 0.0162. The van der Waals surface area contributed by atoms with Crippen LogP contribution in [0.15, 0.2) is 54.7 Å². The van der Waals surface area contributed by atoms with Gasteiger partial charge in [0.15, 0.2) is 0 Å². The maximum absolute atomic E-state index is 12.3. The van der Waals surface area contributed by atoms with Gasteiger partial charge in [0, 0.05) is 25.4 Å². The summed E-state index contributed by atoms with van der Waals surface area (Å²) < 4.78 is 11.4. The fraction of sp³-hybridized carbons (Fsp3) is 0.333. The minimum Gasteiger partial charge on any atom is -0.487 e. The number of hydrogen-bond donors (Lipinski definition) is 0. The van der Waals surface area contributed by atoms with Gasteiger partial charge < -0.3 is 14.4 Å². The first-order valence-corrected chi connectivity index (χ1v) is 8.85. The Labute approximate surface area is 154 Å².